The lowest BCUT2D eigenvalue weighted by Crippen LogP contribution is -2.47. The summed E-state index contributed by atoms with van der Waals surface area (Å²) in [7, 11) is -3.48. The molecule has 1 fully saturated rings. The largest absolute Gasteiger partial charge is 0.281 e. The molecule has 1 aliphatic rings. The number of nitrogens with one attached hydrogen (secondary N) is 2. The molecule has 0 amide bonds. The molecule has 1 saturated carbocycles. The molecule has 1 aromatic heterocycles. The number of sulfonamides is 1. The van der Waals surface area contributed by atoms with E-state index in [-0.39, 0.29) is 10.4 Å². The van der Waals surface area contributed by atoms with Gasteiger partial charge in [0.05, 0.1) is 11.9 Å². The summed E-state index contributed by atoms with van der Waals surface area (Å²) in [4.78, 5) is 0.240. The zero-order valence-electron chi connectivity index (χ0n) is 9.66. The fourth-order valence-corrected chi connectivity index (χ4v) is 4.75. The van der Waals surface area contributed by atoms with Crippen LogP contribution in [0, 0.1) is 6.92 Å². The number of aromatic nitrogens is 2. The van der Waals surface area contributed by atoms with Crippen LogP contribution in [0.4, 0.5) is 0 Å². The van der Waals surface area contributed by atoms with Crippen LogP contribution in [0.15, 0.2) is 11.1 Å². The number of rotatable bonds is 4. The number of hydrogen-bond acceptors (Lipinski definition) is 3. The van der Waals surface area contributed by atoms with Crippen LogP contribution < -0.4 is 4.72 Å². The molecule has 1 aliphatic carbocycles. The molecule has 2 rings (SSSR count). The lowest BCUT2D eigenvalue weighted by Gasteiger charge is -2.27. The Bertz CT molecular complexity index is 491. The second-order valence-electron chi connectivity index (χ2n) is 4.59. The van der Waals surface area contributed by atoms with Crippen molar-refractivity contribution in [3.63, 3.8) is 0 Å². The van der Waals surface area contributed by atoms with Crippen molar-refractivity contribution < 1.29 is 8.42 Å². The maximum Gasteiger partial charge on any atom is 0.244 e. The van der Waals surface area contributed by atoms with Crippen molar-refractivity contribution in [2.24, 2.45) is 0 Å². The minimum Gasteiger partial charge on any atom is -0.281 e. The second-order valence-corrected chi connectivity index (χ2v) is 6.80. The van der Waals surface area contributed by atoms with Crippen molar-refractivity contribution >= 4 is 26.0 Å². The Morgan fingerprint density at radius 2 is 2.18 bits per heavy atom. The zero-order valence-corrected chi connectivity index (χ0v) is 12.1. The zero-order chi connectivity index (χ0) is 12.5. The Morgan fingerprint density at radius 1 is 1.53 bits per heavy atom. The molecule has 0 bridgehead atoms. The molecule has 1 heterocycles. The van der Waals surface area contributed by atoms with Gasteiger partial charge in [-0.15, -0.1) is 0 Å². The number of hydrogen-bond donors (Lipinski definition) is 2. The first-order valence-corrected chi connectivity index (χ1v) is 8.19. The van der Waals surface area contributed by atoms with E-state index in [9.17, 15) is 8.42 Å². The highest BCUT2D eigenvalue weighted by Crippen LogP contribution is 2.32. The molecule has 0 aromatic carbocycles. The van der Waals surface area contributed by atoms with E-state index in [1.54, 1.807) is 6.92 Å². The Kier molecular flexibility index (Phi) is 3.61. The Morgan fingerprint density at radius 3 is 2.65 bits per heavy atom. The number of halogens is 1. The normalized spacial score (nSPS) is 19.6. The Hall–Kier alpha value is -0.400. The van der Waals surface area contributed by atoms with Crippen molar-refractivity contribution in [3.8, 4) is 0 Å². The van der Waals surface area contributed by atoms with Gasteiger partial charge in [0, 0.05) is 10.9 Å². The van der Waals surface area contributed by atoms with E-state index >= 15 is 0 Å². The highest BCUT2D eigenvalue weighted by Gasteiger charge is 2.37. The maximum absolute atomic E-state index is 12.2. The molecule has 96 valence electrons. The van der Waals surface area contributed by atoms with Crippen molar-refractivity contribution in [1.29, 1.82) is 0 Å². The predicted molar refractivity (Wildman–Crippen MR) is 68.6 cm³/mol. The molecular weight excluding hydrogens is 306 g/mol. The summed E-state index contributed by atoms with van der Waals surface area (Å²) in [6.45, 7) is 1.71. The summed E-state index contributed by atoms with van der Waals surface area (Å²) < 4.78 is 27.3. The van der Waals surface area contributed by atoms with Gasteiger partial charge in [0.2, 0.25) is 10.0 Å². The van der Waals surface area contributed by atoms with E-state index in [1.807, 2.05) is 0 Å². The number of aryl methyl sites for hydroxylation is 1. The smallest absolute Gasteiger partial charge is 0.244 e. The lowest BCUT2D eigenvalue weighted by atomic mass is 10.0. The number of aromatic amines is 1. The first kappa shape index (κ1) is 13.0. The van der Waals surface area contributed by atoms with Crippen LogP contribution in [0.1, 0.15) is 31.4 Å². The van der Waals surface area contributed by atoms with Gasteiger partial charge < -0.3 is 0 Å². The van der Waals surface area contributed by atoms with E-state index in [0.717, 1.165) is 25.7 Å². The SMILES string of the molecule is Cc1[nH]ncc1S(=O)(=O)NC1(CBr)CCCC1. The lowest BCUT2D eigenvalue weighted by molar-refractivity contribution is 0.438. The van der Waals surface area contributed by atoms with Crippen molar-refractivity contribution in [2.75, 3.05) is 5.33 Å². The molecule has 17 heavy (non-hydrogen) atoms. The van der Waals surface area contributed by atoms with Gasteiger partial charge in [-0.3, -0.25) is 5.10 Å². The maximum atomic E-state index is 12.2. The third kappa shape index (κ3) is 2.56. The standard InChI is InChI=1S/C10H16BrN3O2S/c1-8-9(6-12-13-8)17(15,16)14-10(7-11)4-2-3-5-10/h6,14H,2-5,7H2,1H3,(H,12,13). The van der Waals surface area contributed by atoms with Crippen LogP contribution in [-0.4, -0.2) is 29.5 Å². The number of H-pyrrole nitrogens is 1. The van der Waals surface area contributed by atoms with Crippen LogP contribution >= 0.6 is 15.9 Å². The third-order valence-electron chi connectivity index (χ3n) is 3.24. The van der Waals surface area contributed by atoms with E-state index in [1.165, 1.54) is 6.20 Å². The molecule has 7 heteroatoms. The van der Waals surface area contributed by atoms with Gasteiger partial charge in [0.15, 0.2) is 0 Å². The molecule has 0 atom stereocenters. The van der Waals surface area contributed by atoms with E-state index < -0.39 is 10.0 Å². The predicted octanol–water partition coefficient (Wildman–Crippen LogP) is 1.70. The molecule has 0 radical (unpaired) electrons. The van der Waals surface area contributed by atoms with Gasteiger partial charge in [-0.05, 0) is 19.8 Å². The monoisotopic (exact) mass is 321 g/mol. The van der Waals surface area contributed by atoms with E-state index in [0.29, 0.717) is 11.0 Å². The Balaban J connectivity index is 2.26. The Labute approximate surface area is 110 Å². The molecule has 0 spiro atoms. The molecule has 0 aliphatic heterocycles. The fourth-order valence-electron chi connectivity index (χ4n) is 2.27. The first-order chi connectivity index (χ1) is 7.99. The summed E-state index contributed by atoms with van der Waals surface area (Å²) in [6.07, 6.45) is 5.26. The van der Waals surface area contributed by atoms with Crippen LogP contribution in [0.2, 0.25) is 0 Å². The molecule has 5 nitrogen and oxygen atoms in total. The first-order valence-electron chi connectivity index (χ1n) is 5.59. The van der Waals surface area contributed by atoms with E-state index in [2.05, 4.69) is 30.8 Å². The van der Waals surface area contributed by atoms with Crippen LogP contribution in [0.5, 0.6) is 0 Å². The summed E-state index contributed by atoms with van der Waals surface area (Å²) in [5, 5.41) is 7.05. The minimum absolute atomic E-state index is 0.240. The minimum atomic E-state index is -3.48. The highest BCUT2D eigenvalue weighted by atomic mass is 79.9. The van der Waals surface area contributed by atoms with Gasteiger partial charge >= 0.3 is 0 Å². The molecule has 0 saturated heterocycles. The number of nitrogens with zero attached hydrogens (tertiary/aromatic N) is 1. The average Bonchev–Trinajstić information content (AvgIpc) is 2.87. The molecular formula is C10H16BrN3O2S. The average molecular weight is 322 g/mol. The van der Waals surface area contributed by atoms with Gasteiger partial charge in [-0.25, -0.2) is 13.1 Å². The topological polar surface area (TPSA) is 74.8 Å². The van der Waals surface area contributed by atoms with Crippen LogP contribution in [0.25, 0.3) is 0 Å². The van der Waals surface area contributed by atoms with Crippen LogP contribution in [0.3, 0.4) is 0 Å². The summed E-state index contributed by atoms with van der Waals surface area (Å²) in [6, 6.07) is 0. The summed E-state index contributed by atoms with van der Waals surface area (Å²) in [5.74, 6) is 0. The van der Waals surface area contributed by atoms with E-state index in [4.69, 9.17) is 0 Å². The number of alkyl halides is 1. The summed E-state index contributed by atoms with van der Waals surface area (Å²) >= 11 is 3.42. The second kappa shape index (κ2) is 4.70. The van der Waals surface area contributed by atoms with Crippen molar-refractivity contribution in [1.82, 2.24) is 14.9 Å². The fraction of sp³-hybridized carbons (Fsp3) is 0.700. The molecule has 0 unspecified atom stereocenters. The summed E-state index contributed by atoms with van der Waals surface area (Å²) in [5.41, 5.74) is 0.239. The van der Waals surface area contributed by atoms with Gasteiger partial charge in [0.1, 0.15) is 4.90 Å². The molecule has 2 N–H and O–H groups in total. The highest BCUT2D eigenvalue weighted by molar-refractivity contribution is 9.09. The quantitative estimate of drug-likeness (QED) is 0.829. The van der Waals surface area contributed by atoms with Crippen molar-refractivity contribution in [2.45, 2.75) is 43.0 Å². The van der Waals surface area contributed by atoms with Crippen molar-refractivity contribution in [3.05, 3.63) is 11.9 Å². The van der Waals surface area contributed by atoms with Gasteiger partial charge in [0.25, 0.3) is 0 Å². The van der Waals surface area contributed by atoms with Crippen LogP contribution in [-0.2, 0) is 10.0 Å². The van der Waals surface area contributed by atoms with Gasteiger partial charge in [-0.1, -0.05) is 28.8 Å². The third-order valence-corrected chi connectivity index (χ3v) is 6.01. The van der Waals surface area contributed by atoms with Gasteiger partial charge in [-0.2, -0.15) is 5.10 Å². The molecule has 1 aromatic rings.